The maximum Gasteiger partial charge on any atom is 0.238 e. The van der Waals surface area contributed by atoms with Crippen molar-refractivity contribution in [2.75, 3.05) is 0 Å². The molecule has 0 aliphatic carbocycles. The predicted molar refractivity (Wildman–Crippen MR) is 230 cm³/mol. The summed E-state index contributed by atoms with van der Waals surface area (Å²) in [5.41, 5.74) is -1.59. The van der Waals surface area contributed by atoms with Crippen molar-refractivity contribution < 1.29 is 27.4 Å². The van der Waals surface area contributed by atoms with Gasteiger partial charge in [0.1, 0.15) is 0 Å². The number of rotatable bonds is 6. The Balaban J connectivity index is 1.28. The number of aromatic nitrogens is 5. The van der Waals surface area contributed by atoms with Crippen molar-refractivity contribution in [3.8, 4) is 56.7 Å². The van der Waals surface area contributed by atoms with Gasteiger partial charge in [-0.1, -0.05) is 169 Å². The van der Waals surface area contributed by atoms with Crippen LogP contribution < -0.4 is 0 Å². The van der Waals surface area contributed by atoms with Crippen LogP contribution in [0.15, 0.2) is 200 Å². The molecule has 5 nitrogen and oxygen atoms in total. The number of benzene rings is 8. The summed E-state index contributed by atoms with van der Waals surface area (Å²) in [7, 11) is 0. The zero-order valence-corrected chi connectivity index (χ0v) is 28.7. The van der Waals surface area contributed by atoms with E-state index in [2.05, 4.69) is 4.98 Å². The molecule has 5 heteroatoms. The van der Waals surface area contributed by atoms with Crippen LogP contribution in [-0.2, 0) is 0 Å². The van der Waals surface area contributed by atoms with Crippen molar-refractivity contribution in [3.63, 3.8) is 0 Å². The predicted octanol–water partition coefficient (Wildman–Crippen LogP) is 12.7. The van der Waals surface area contributed by atoms with E-state index in [0.29, 0.717) is 38.4 Å². The molecule has 11 aromatic rings. The van der Waals surface area contributed by atoms with Crippen molar-refractivity contribution >= 4 is 43.6 Å². The summed E-state index contributed by atoms with van der Waals surface area (Å²) < 4.78 is 182. The van der Waals surface area contributed by atoms with Gasteiger partial charge in [0.25, 0.3) is 0 Å². The van der Waals surface area contributed by atoms with Crippen LogP contribution >= 0.6 is 0 Å². The fraction of sp³-hybridized carbons (Fsp3) is 0. The van der Waals surface area contributed by atoms with E-state index >= 15 is 0 Å². The van der Waals surface area contributed by atoms with Crippen LogP contribution in [0, 0.1) is 0 Å². The Hall–Kier alpha value is -7.63. The molecule has 0 fully saturated rings. The highest BCUT2D eigenvalue weighted by Gasteiger charge is 2.23. The second-order valence-electron chi connectivity index (χ2n) is 12.5. The lowest BCUT2D eigenvalue weighted by molar-refractivity contribution is 0.953. The van der Waals surface area contributed by atoms with Crippen LogP contribution in [0.5, 0.6) is 0 Å². The Bertz CT molecular complexity index is 4330. The van der Waals surface area contributed by atoms with Gasteiger partial charge in [-0.05, 0) is 52.6 Å². The molecular formula is C51H33N5. The lowest BCUT2D eigenvalue weighted by Gasteiger charge is -2.13. The minimum atomic E-state index is -0.929. The maximum absolute atomic E-state index is 9.60. The van der Waals surface area contributed by atoms with Gasteiger partial charge in [-0.15, -0.1) is 0 Å². The Kier molecular flexibility index (Phi) is 4.12. The zero-order valence-electron chi connectivity index (χ0n) is 48.7. The minimum Gasteiger partial charge on any atom is -0.307 e. The third-order valence-electron chi connectivity index (χ3n) is 9.32. The summed E-state index contributed by atoms with van der Waals surface area (Å²) in [5.74, 6) is -1.54. The zero-order chi connectivity index (χ0) is 54.4. The van der Waals surface area contributed by atoms with Gasteiger partial charge >= 0.3 is 0 Å². The summed E-state index contributed by atoms with van der Waals surface area (Å²) in [6.45, 7) is 0. The summed E-state index contributed by atoms with van der Waals surface area (Å²) in [6.07, 6.45) is 0. The molecule has 11 rings (SSSR count). The van der Waals surface area contributed by atoms with Crippen LogP contribution in [0.3, 0.4) is 0 Å². The summed E-state index contributed by atoms with van der Waals surface area (Å²) in [5, 5.41) is 1.74. The van der Waals surface area contributed by atoms with Crippen molar-refractivity contribution in [3.05, 3.63) is 200 Å². The molecular weight excluding hydrogens is 683 g/mol. The monoisotopic (exact) mass is 735 g/mol. The second-order valence-corrected chi connectivity index (χ2v) is 12.5. The number of fused-ring (bicyclic) bond motifs is 7. The molecule has 0 saturated heterocycles. The van der Waals surface area contributed by atoms with Crippen molar-refractivity contribution in [1.29, 1.82) is 0 Å². The summed E-state index contributed by atoms with van der Waals surface area (Å²) in [4.78, 5) is 14.1. The quantitative estimate of drug-likeness (QED) is 0.171. The molecule has 0 aliphatic heterocycles. The molecule has 0 spiro atoms. The normalized spacial score (nSPS) is 16.6. The van der Waals surface area contributed by atoms with Gasteiger partial charge < -0.3 is 4.57 Å². The lowest BCUT2D eigenvalue weighted by Crippen LogP contribution is -2.07. The van der Waals surface area contributed by atoms with Gasteiger partial charge in [0.05, 0.1) is 49.5 Å². The van der Waals surface area contributed by atoms with Gasteiger partial charge in [0, 0.05) is 38.4 Å². The maximum atomic E-state index is 9.60. The topological polar surface area (TPSA) is 48.5 Å². The van der Waals surface area contributed by atoms with Crippen molar-refractivity contribution in [1.82, 2.24) is 24.1 Å². The Morgan fingerprint density at radius 1 is 0.357 bits per heavy atom. The molecule has 0 bridgehead atoms. The van der Waals surface area contributed by atoms with E-state index in [9.17, 15) is 9.60 Å². The molecule has 0 N–H and O–H groups in total. The SMILES string of the molecule is [2H]c1c([2H])c([2H])c(-c2nc(-c3c([2H])c([2H])c(-c4c([2H])c([2H])c([2H])c(-c5c([2H])c([2H])c([2H])c([2H])c5[2H])c4[2H])c([2H])c3[2H])nc(-n3c4ccccc4c4c([2H])c([2H])c5c6ccccc6n(-c6ccccc6)c5c43)n2)c([2H])c1[2H]. The molecule has 0 aliphatic rings. The fourth-order valence-electron chi connectivity index (χ4n) is 6.93. The number of para-hydroxylation sites is 3. The van der Waals surface area contributed by atoms with Gasteiger partial charge in [0.2, 0.25) is 5.95 Å². The molecule has 0 amide bonds. The highest BCUT2D eigenvalue weighted by molar-refractivity contribution is 6.23. The van der Waals surface area contributed by atoms with Gasteiger partial charge in [0.15, 0.2) is 11.6 Å². The molecule has 0 unspecified atom stereocenters. The molecule has 262 valence electrons. The Labute approximate surface area is 351 Å². The third kappa shape index (κ3) is 5.21. The number of nitrogens with zero attached hydrogens (tertiary/aromatic N) is 5. The molecule has 0 radical (unpaired) electrons. The van der Waals surface area contributed by atoms with Crippen molar-refractivity contribution in [2.45, 2.75) is 0 Å². The highest BCUT2D eigenvalue weighted by atomic mass is 15.2. The first-order valence-corrected chi connectivity index (χ1v) is 17.2. The second kappa shape index (κ2) is 13.0. The first-order chi connectivity index (χ1) is 36.1. The molecule has 3 heterocycles. The summed E-state index contributed by atoms with van der Waals surface area (Å²) >= 11 is 0. The lowest BCUT2D eigenvalue weighted by atomic mass is 9.98. The van der Waals surface area contributed by atoms with E-state index in [4.69, 9.17) is 27.8 Å². The van der Waals surface area contributed by atoms with Crippen LogP contribution in [0.4, 0.5) is 0 Å². The molecule has 0 atom stereocenters. The largest absolute Gasteiger partial charge is 0.307 e. The van der Waals surface area contributed by atoms with Crippen LogP contribution in [0.2, 0.25) is 0 Å². The smallest absolute Gasteiger partial charge is 0.238 e. The van der Waals surface area contributed by atoms with Crippen LogP contribution in [0.25, 0.3) is 100 Å². The van der Waals surface area contributed by atoms with Gasteiger partial charge in [-0.3, -0.25) is 4.57 Å². The number of hydrogen-bond donors (Lipinski definition) is 0. The Morgan fingerprint density at radius 3 is 1.45 bits per heavy atom. The van der Waals surface area contributed by atoms with E-state index < -0.39 is 154 Å². The van der Waals surface area contributed by atoms with E-state index in [1.54, 1.807) is 30.3 Å². The first kappa shape index (κ1) is 17.7. The van der Waals surface area contributed by atoms with Gasteiger partial charge in [-0.25, -0.2) is 4.98 Å². The molecule has 3 aromatic heterocycles. The van der Waals surface area contributed by atoms with E-state index in [1.165, 1.54) is 4.57 Å². The first-order valence-electron chi connectivity index (χ1n) is 27.2. The average molecular weight is 736 g/mol. The minimum absolute atomic E-state index is 0.0989. The van der Waals surface area contributed by atoms with E-state index in [0.717, 1.165) is 0 Å². The van der Waals surface area contributed by atoms with Gasteiger partial charge in [-0.2, -0.15) is 9.97 Å². The third-order valence-corrected chi connectivity index (χ3v) is 9.32. The van der Waals surface area contributed by atoms with Crippen molar-refractivity contribution in [2.24, 2.45) is 0 Å². The summed E-state index contributed by atoms with van der Waals surface area (Å²) in [6, 6.07) is 8.07. The van der Waals surface area contributed by atoms with E-state index in [1.807, 2.05) is 53.1 Å². The molecule has 8 aromatic carbocycles. The number of hydrogen-bond acceptors (Lipinski definition) is 3. The standard InChI is InChI=1S/C51H33N5/c1-4-15-34(16-5-1)38-19-14-20-39(33-38)35-27-29-37(30-28-35)50-52-49(36-17-6-2-7-18-36)53-51(54-50)56-46-26-13-11-24-42(46)44-32-31-43-41-23-10-12-25-45(41)55(47(43)48(44)56)40-21-8-3-9-22-40/h1-33H/i1D,2D,4D,5D,6D,7D,14D,15D,16D,17D,18D,19D,20D,27D,28D,29D,30D,31D,32D,33D. The Morgan fingerprint density at radius 2 is 0.821 bits per heavy atom. The molecule has 56 heavy (non-hydrogen) atoms. The van der Waals surface area contributed by atoms with E-state index in [-0.39, 0.29) is 28.9 Å². The average Bonchev–Trinajstić information content (AvgIpc) is 4.03. The highest BCUT2D eigenvalue weighted by Crippen LogP contribution is 2.41. The fourth-order valence-corrected chi connectivity index (χ4v) is 6.93. The van der Waals surface area contributed by atoms with Crippen LogP contribution in [-0.4, -0.2) is 24.1 Å². The molecule has 0 saturated carbocycles. The van der Waals surface area contributed by atoms with Crippen LogP contribution in [0.1, 0.15) is 27.4 Å².